The fourth-order valence-electron chi connectivity index (χ4n) is 3.11. The van der Waals surface area contributed by atoms with Crippen molar-refractivity contribution in [2.24, 2.45) is 7.05 Å². The first-order valence-electron chi connectivity index (χ1n) is 8.43. The lowest BCUT2D eigenvalue weighted by Crippen LogP contribution is -1.96. The number of hydrogen-bond acceptors (Lipinski definition) is 2. The molecule has 4 heteroatoms. The quantitative estimate of drug-likeness (QED) is 0.508. The van der Waals surface area contributed by atoms with Crippen molar-refractivity contribution >= 4 is 0 Å². The number of benzene rings is 2. The van der Waals surface area contributed by atoms with Crippen molar-refractivity contribution in [2.45, 2.75) is 6.92 Å². The first-order valence-corrected chi connectivity index (χ1v) is 8.43. The smallest absolute Gasteiger partial charge is 0.140 e. The lowest BCUT2D eigenvalue weighted by atomic mass is 10.1. The Morgan fingerprint density at radius 3 is 2.04 bits per heavy atom. The van der Waals surface area contributed by atoms with E-state index in [-0.39, 0.29) is 5.82 Å². The highest BCUT2D eigenvalue weighted by Crippen LogP contribution is 2.35. The molecule has 0 bridgehead atoms. The molecule has 0 amide bonds. The fourth-order valence-corrected chi connectivity index (χ4v) is 3.11. The molecule has 0 aliphatic carbocycles. The van der Waals surface area contributed by atoms with Crippen molar-refractivity contribution in [1.82, 2.24) is 14.5 Å². The molecule has 2 aromatic heterocycles. The van der Waals surface area contributed by atoms with E-state index in [1.54, 1.807) is 24.5 Å². The van der Waals surface area contributed by atoms with Crippen LogP contribution in [0.2, 0.25) is 0 Å². The summed E-state index contributed by atoms with van der Waals surface area (Å²) in [6.07, 6.45) is 3.53. The molecule has 0 saturated carbocycles. The summed E-state index contributed by atoms with van der Waals surface area (Å²) in [5.41, 5.74) is 5.96. The highest BCUT2D eigenvalue weighted by molar-refractivity contribution is 5.81. The van der Waals surface area contributed by atoms with E-state index in [1.165, 1.54) is 17.7 Å². The van der Waals surface area contributed by atoms with Crippen LogP contribution in [0.3, 0.4) is 0 Å². The van der Waals surface area contributed by atoms with E-state index in [0.29, 0.717) is 0 Å². The average Bonchev–Trinajstić information content (AvgIpc) is 3.01. The number of rotatable bonds is 3. The average molecular weight is 343 g/mol. The number of aromatic nitrogens is 3. The number of nitrogens with zero attached hydrogens (tertiary/aromatic N) is 3. The van der Waals surface area contributed by atoms with E-state index < -0.39 is 0 Å². The minimum absolute atomic E-state index is 0.256. The molecule has 0 radical (unpaired) electrons. The summed E-state index contributed by atoms with van der Waals surface area (Å²) in [4.78, 5) is 9.02. The summed E-state index contributed by atoms with van der Waals surface area (Å²) < 4.78 is 15.5. The second kappa shape index (κ2) is 6.56. The van der Waals surface area contributed by atoms with Crippen molar-refractivity contribution < 1.29 is 4.39 Å². The predicted octanol–water partition coefficient (Wildman–Crippen LogP) is 5.26. The van der Waals surface area contributed by atoms with Crippen molar-refractivity contribution in [3.8, 4) is 33.9 Å². The van der Waals surface area contributed by atoms with Gasteiger partial charge in [0.05, 0.1) is 11.4 Å². The first-order chi connectivity index (χ1) is 12.6. The number of aryl methyl sites for hydroxylation is 1. The monoisotopic (exact) mass is 343 g/mol. The summed E-state index contributed by atoms with van der Waals surface area (Å²) in [5.74, 6) is 0.616. The van der Waals surface area contributed by atoms with Crippen LogP contribution in [0.4, 0.5) is 4.39 Å². The third kappa shape index (κ3) is 2.90. The summed E-state index contributed by atoms with van der Waals surface area (Å²) in [7, 11) is 2.00. The zero-order valence-corrected chi connectivity index (χ0v) is 14.6. The second-order valence-corrected chi connectivity index (χ2v) is 6.30. The van der Waals surface area contributed by atoms with Crippen LogP contribution in [-0.4, -0.2) is 14.5 Å². The minimum Gasteiger partial charge on any atom is -0.327 e. The van der Waals surface area contributed by atoms with Crippen LogP contribution in [0.5, 0.6) is 0 Å². The fraction of sp³-hybridized carbons (Fsp3) is 0.0909. The summed E-state index contributed by atoms with van der Waals surface area (Å²) in [5, 5.41) is 0. The molecule has 0 aliphatic rings. The lowest BCUT2D eigenvalue weighted by Gasteiger charge is -2.08. The van der Waals surface area contributed by atoms with Gasteiger partial charge in [-0.25, -0.2) is 9.37 Å². The van der Waals surface area contributed by atoms with Crippen molar-refractivity contribution in [2.75, 3.05) is 0 Å². The van der Waals surface area contributed by atoms with Gasteiger partial charge in [-0.15, -0.1) is 0 Å². The predicted molar refractivity (Wildman–Crippen MR) is 102 cm³/mol. The van der Waals surface area contributed by atoms with E-state index in [2.05, 4.69) is 40.7 Å². The maximum Gasteiger partial charge on any atom is 0.140 e. The van der Waals surface area contributed by atoms with Gasteiger partial charge in [0.25, 0.3) is 0 Å². The van der Waals surface area contributed by atoms with Gasteiger partial charge in [-0.3, -0.25) is 4.98 Å². The van der Waals surface area contributed by atoms with Gasteiger partial charge in [0.2, 0.25) is 0 Å². The van der Waals surface area contributed by atoms with Gasteiger partial charge in [-0.05, 0) is 43.3 Å². The molecule has 0 saturated heterocycles. The molecule has 128 valence electrons. The molecule has 0 N–H and O–H groups in total. The van der Waals surface area contributed by atoms with E-state index in [9.17, 15) is 4.39 Å². The normalized spacial score (nSPS) is 10.9. The standard InChI is InChI=1S/C22H18FN3/c1-15-3-5-18(6-4-15)22-25-20(16-7-9-19(23)10-8-16)21(26(22)2)17-11-13-24-14-12-17/h3-14H,1-2H3. The van der Waals surface area contributed by atoms with Crippen LogP contribution in [-0.2, 0) is 7.05 Å². The van der Waals surface area contributed by atoms with Crippen LogP contribution in [0, 0.1) is 12.7 Å². The van der Waals surface area contributed by atoms with E-state index in [4.69, 9.17) is 4.98 Å². The Hall–Kier alpha value is -3.27. The molecule has 0 fully saturated rings. The zero-order valence-electron chi connectivity index (χ0n) is 14.6. The second-order valence-electron chi connectivity index (χ2n) is 6.30. The minimum atomic E-state index is -0.256. The van der Waals surface area contributed by atoms with Crippen molar-refractivity contribution in [3.63, 3.8) is 0 Å². The number of pyridine rings is 1. The Balaban J connectivity index is 1.96. The van der Waals surface area contributed by atoms with Crippen LogP contribution in [0.25, 0.3) is 33.9 Å². The van der Waals surface area contributed by atoms with Gasteiger partial charge in [-0.2, -0.15) is 0 Å². The van der Waals surface area contributed by atoms with Crippen LogP contribution >= 0.6 is 0 Å². The Morgan fingerprint density at radius 1 is 0.769 bits per heavy atom. The van der Waals surface area contributed by atoms with Crippen LogP contribution in [0.15, 0.2) is 73.1 Å². The van der Waals surface area contributed by atoms with Gasteiger partial charge in [0.15, 0.2) is 0 Å². The first kappa shape index (κ1) is 16.2. The molecule has 4 rings (SSSR count). The van der Waals surface area contributed by atoms with Gasteiger partial charge in [-0.1, -0.05) is 29.8 Å². The van der Waals surface area contributed by atoms with Gasteiger partial charge in [0, 0.05) is 36.1 Å². The molecular weight excluding hydrogens is 325 g/mol. The number of halogens is 1. The lowest BCUT2D eigenvalue weighted by molar-refractivity contribution is 0.628. The maximum absolute atomic E-state index is 13.4. The molecule has 0 spiro atoms. The highest BCUT2D eigenvalue weighted by Gasteiger charge is 2.19. The Bertz CT molecular complexity index is 1030. The summed E-state index contributed by atoms with van der Waals surface area (Å²) >= 11 is 0. The number of imidazole rings is 1. The number of hydrogen-bond donors (Lipinski definition) is 0. The summed E-state index contributed by atoms with van der Waals surface area (Å²) in [6, 6.07) is 18.7. The molecule has 0 atom stereocenters. The molecule has 3 nitrogen and oxygen atoms in total. The van der Waals surface area contributed by atoms with E-state index >= 15 is 0 Å². The maximum atomic E-state index is 13.4. The van der Waals surface area contributed by atoms with E-state index in [1.807, 2.05) is 19.2 Å². The molecule has 0 aliphatic heterocycles. The Labute approximate surface area is 151 Å². The van der Waals surface area contributed by atoms with Gasteiger partial charge < -0.3 is 4.57 Å². The van der Waals surface area contributed by atoms with Gasteiger partial charge in [0.1, 0.15) is 11.6 Å². The zero-order chi connectivity index (χ0) is 18.1. The molecule has 0 unspecified atom stereocenters. The van der Waals surface area contributed by atoms with Gasteiger partial charge >= 0.3 is 0 Å². The largest absolute Gasteiger partial charge is 0.327 e. The van der Waals surface area contributed by atoms with Crippen molar-refractivity contribution in [3.05, 3.63) is 84.4 Å². The Morgan fingerprint density at radius 2 is 1.38 bits per heavy atom. The third-order valence-electron chi connectivity index (χ3n) is 4.48. The molecular formula is C22H18FN3. The molecule has 2 aromatic carbocycles. The highest BCUT2D eigenvalue weighted by atomic mass is 19.1. The van der Waals surface area contributed by atoms with Crippen molar-refractivity contribution in [1.29, 1.82) is 0 Å². The summed E-state index contributed by atoms with van der Waals surface area (Å²) in [6.45, 7) is 2.06. The van der Waals surface area contributed by atoms with E-state index in [0.717, 1.165) is 33.9 Å². The molecule has 4 aromatic rings. The molecule has 26 heavy (non-hydrogen) atoms. The van der Waals surface area contributed by atoms with Crippen LogP contribution in [0.1, 0.15) is 5.56 Å². The molecule has 2 heterocycles. The SMILES string of the molecule is Cc1ccc(-c2nc(-c3ccc(F)cc3)c(-c3ccncc3)n2C)cc1. The van der Waals surface area contributed by atoms with Crippen LogP contribution < -0.4 is 0 Å². The topological polar surface area (TPSA) is 30.7 Å². The Kier molecular flexibility index (Phi) is 4.09. The third-order valence-corrected chi connectivity index (χ3v) is 4.48.